The molecule has 0 saturated carbocycles. The molecule has 0 saturated heterocycles. The van der Waals surface area contributed by atoms with Gasteiger partial charge in [-0.3, -0.25) is 28.8 Å². The van der Waals surface area contributed by atoms with Crippen molar-refractivity contribution in [1.82, 2.24) is 4.90 Å². The summed E-state index contributed by atoms with van der Waals surface area (Å²) in [4.78, 5) is 88.7. The van der Waals surface area contributed by atoms with Crippen LogP contribution >= 0.6 is 0 Å². The van der Waals surface area contributed by atoms with Crippen LogP contribution in [0.15, 0.2) is 66.7 Å². The zero-order chi connectivity index (χ0) is 34.2. The summed E-state index contributed by atoms with van der Waals surface area (Å²) in [5.74, 6) is -5.91. The number of aryl methyl sites for hydroxylation is 1. The van der Waals surface area contributed by atoms with Gasteiger partial charge in [-0.1, -0.05) is 30.3 Å². The van der Waals surface area contributed by atoms with E-state index in [2.05, 4.69) is 16.0 Å². The van der Waals surface area contributed by atoms with E-state index < -0.39 is 67.0 Å². The lowest BCUT2D eigenvalue weighted by atomic mass is 10.1. The first-order chi connectivity index (χ1) is 22.3. The number of carboxylic acid groups (broad SMARTS) is 2. The van der Waals surface area contributed by atoms with Crippen LogP contribution in [-0.4, -0.2) is 75.8 Å². The van der Waals surface area contributed by atoms with Crippen LogP contribution in [0.5, 0.6) is 0 Å². The zero-order valence-corrected chi connectivity index (χ0v) is 25.2. The van der Waals surface area contributed by atoms with Crippen molar-refractivity contribution in [3.63, 3.8) is 0 Å². The Labute approximate surface area is 268 Å². The molecule has 244 valence electrons. The Hall–Kier alpha value is -6.25. The lowest BCUT2D eigenvalue weighted by molar-refractivity contribution is -0.141. The van der Waals surface area contributed by atoms with Gasteiger partial charge in [0.25, 0.3) is 5.91 Å². The van der Waals surface area contributed by atoms with Crippen molar-refractivity contribution in [2.75, 3.05) is 33.9 Å². The number of anilines is 4. The van der Waals surface area contributed by atoms with Gasteiger partial charge >= 0.3 is 18.0 Å². The minimum atomic E-state index is -1.67. The summed E-state index contributed by atoms with van der Waals surface area (Å²) in [6.45, 7) is 0.827. The largest absolute Gasteiger partial charge is 0.481 e. The second-order valence-electron chi connectivity index (χ2n) is 10.7. The molecule has 3 aromatic carbocycles. The third-order valence-electron chi connectivity index (χ3n) is 7.26. The fourth-order valence-electron chi connectivity index (χ4n) is 4.94. The van der Waals surface area contributed by atoms with E-state index >= 15 is 0 Å². The molecule has 47 heavy (non-hydrogen) atoms. The first kappa shape index (κ1) is 33.6. The Bertz CT molecular complexity index is 1740. The van der Waals surface area contributed by atoms with E-state index in [1.807, 2.05) is 19.1 Å². The van der Waals surface area contributed by atoms with E-state index in [4.69, 9.17) is 5.73 Å². The first-order valence-corrected chi connectivity index (χ1v) is 14.3. The Morgan fingerprint density at radius 2 is 1.55 bits per heavy atom. The molecule has 0 radical (unpaired) electrons. The van der Waals surface area contributed by atoms with E-state index in [1.54, 1.807) is 36.4 Å². The van der Waals surface area contributed by atoms with Gasteiger partial charge in [-0.2, -0.15) is 0 Å². The number of hydrogen-bond acceptors (Lipinski definition) is 7. The van der Waals surface area contributed by atoms with E-state index in [9.17, 15) is 43.8 Å². The second kappa shape index (κ2) is 14.7. The van der Waals surface area contributed by atoms with Crippen molar-refractivity contribution in [3.8, 4) is 0 Å². The predicted molar refractivity (Wildman–Crippen MR) is 170 cm³/mol. The van der Waals surface area contributed by atoms with Gasteiger partial charge in [-0.25, -0.2) is 4.79 Å². The summed E-state index contributed by atoms with van der Waals surface area (Å²) in [5.41, 5.74) is 8.05. The van der Waals surface area contributed by atoms with Crippen LogP contribution in [0.1, 0.15) is 34.3 Å². The molecular weight excluding hydrogens is 612 g/mol. The number of nitrogens with two attached hydrogens (primary N) is 1. The van der Waals surface area contributed by atoms with Crippen LogP contribution in [0.4, 0.5) is 27.5 Å². The molecule has 15 nitrogen and oxygen atoms in total. The van der Waals surface area contributed by atoms with Crippen LogP contribution in [-0.2, 0) is 30.4 Å². The van der Waals surface area contributed by atoms with Crippen LogP contribution in [0, 0.1) is 6.92 Å². The predicted octanol–water partition coefficient (Wildman–Crippen LogP) is 2.41. The highest BCUT2D eigenvalue weighted by atomic mass is 16.4. The van der Waals surface area contributed by atoms with Gasteiger partial charge < -0.3 is 41.7 Å². The van der Waals surface area contributed by atoms with Crippen molar-refractivity contribution in [2.24, 2.45) is 5.73 Å². The number of nitrogens with zero attached hydrogens (tertiary/aromatic N) is 2. The Kier molecular flexibility index (Phi) is 10.5. The number of amides is 6. The van der Waals surface area contributed by atoms with Crippen molar-refractivity contribution in [2.45, 2.75) is 32.2 Å². The normalized spacial score (nSPS) is 13.2. The molecule has 1 aliphatic rings. The quantitative estimate of drug-likeness (QED) is 0.170. The van der Waals surface area contributed by atoms with Gasteiger partial charge in [0.1, 0.15) is 12.6 Å². The number of rotatable bonds is 12. The summed E-state index contributed by atoms with van der Waals surface area (Å²) >= 11 is 0. The maximum atomic E-state index is 13.6. The van der Waals surface area contributed by atoms with Crippen molar-refractivity contribution >= 4 is 64.3 Å². The Morgan fingerprint density at radius 3 is 2.19 bits per heavy atom. The third-order valence-corrected chi connectivity index (χ3v) is 7.26. The number of nitrogens with one attached hydrogen (secondary N) is 3. The summed E-state index contributed by atoms with van der Waals surface area (Å²) < 4.78 is 0. The molecule has 1 atom stereocenters. The van der Waals surface area contributed by atoms with Gasteiger partial charge in [0.2, 0.25) is 17.7 Å². The zero-order valence-electron chi connectivity index (χ0n) is 25.2. The van der Waals surface area contributed by atoms with E-state index in [0.717, 1.165) is 15.4 Å². The summed E-state index contributed by atoms with van der Waals surface area (Å²) in [6.07, 6.45) is -1.41. The standard InChI is InChI=1S/C32H32N6O9/c1-18-4-2-3-5-23(18)36-32(47)35-20-8-6-19(7-9-20)14-26(39)34-21-10-11-24-22(15-21)31(46)38(25(30(33)45)16-29(43)44)17-27(40)37(24)13-12-28(41)42/h2-11,15,25H,12-14,16-17H2,1H3,(H2,33,45)(H,34,39)(H,41,42)(H,43,44)(H2,35,36,47)/t25-/m0/s1. The molecule has 7 N–H and O–H groups in total. The monoisotopic (exact) mass is 644 g/mol. The van der Waals surface area contributed by atoms with Crippen LogP contribution < -0.4 is 26.6 Å². The number of urea groups is 1. The van der Waals surface area contributed by atoms with E-state index in [0.29, 0.717) is 16.9 Å². The van der Waals surface area contributed by atoms with E-state index in [1.165, 1.54) is 18.2 Å². The van der Waals surface area contributed by atoms with Gasteiger partial charge in [0, 0.05) is 23.6 Å². The second-order valence-corrected chi connectivity index (χ2v) is 10.7. The number of carbonyl (C=O) groups excluding carboxylic acids is 5. The summed E-state index contributed by atoms with van der Waals surface area (Å²) in [7, 11) is 0. The molecule has 1 aliphatic heterocycles. The molecule has 0 bridgehead atoms. The topological polar surface area (TPSA) is 229 Å². The molecule has 4 rings (SSSR count). The minimum Gasteiger partial charge on any atom is -0.481 e. The first-order valence-electron chi connectivity index (χ1n) is 14.3. The third kappa shape index (κ3) is 8.69. The van der Waals surface area contributed by atoms with Crippen LogP contribution in [0.2, 0.25) is 0 Å². The fraction of sp³-hybridized carbons (Fsp3) is 0.219. The smallest absolute Gasteiger partial charge is 0.323 e. The van der Waals surface area contributed by atoms with Crippen molar-refractivity contribution < 1.29 is 43.8 Å². The molecular formula is C32H32N6O9. The highest BCUT2D eigenvalue weighted by Crippen LogP contribution is 2.30. The number of carboxylic acids is 2. The molecule has 15 heteroatoms. The number of primary amides is 1. The number of carbonyl (C=O) groups is 7. The number of aliphatic carboxylic acids is 2. The highest BCUT2D eigenvalue weighted by molar-refractivity contribution is 6.12. The molecule has 0 aliphatic carbocycles. The van der Waals surface area contributed by atoms with Crippen LogP contribution in [0.25, 0.3) is 0 Å². The van der Waals surface area contributed by atoms with Gasteiger partial charge in [0.05, 0.1) is 30.5 Å². The molecule has 0 unspecified atom stereocenters. The van der Waals surface area contributed by atoms with E-state index in [-0.39, 0.29) is 29.9 Å². The minimum absolute atomic E-state index is 0.0230. The molecule has 0 aromatic heterocycles. The Morgan fingerprint density at radius 1 is 0.872 bits per heavy atom. The van der Waals surface area contributed by atoms with Crippen LogP contribution in [0.3, 0.4) is 0 Å². The average Bonchev–Trinajstić information content (AvgIpc) is 3.10. The van der Waals surface area contributed by atoms with Crippen molar-refractivity contribution in [3.05, 3.63) is 83.4 Å². The molecule has 0 spiro atoms. The SMILES string of the molecule is Cc1ccccc1NC(=O)Nc1ccc(CC(=O)Nc2ccc3c(c2)C(=O)N([C@@H](CC(=O)O)C(N)=O)CC(=O)N3CCC(=O)O)cc1. The number of benzene rings is 3. The average molecular weight is 645 g/mol. The maximum Gasteiger partial charge on any atom is 0.323 e. The molecule has 0 fully saturated rings. The summed E-state index contributed by atoms with van der Waals surface area (Å²) in [6, 6.07) is 15.8. The number of para-hydroxylation sites is 1. The van der Waals surface area contributed by atoms with Crippen molar-refractivity contribution in [1.29, 1.82) is 0 Å². The summed E-state index contributed by atoms with van der Waals surface area (Å²) in [5, 5.41) is 26.6. The molecule has 6 amide bonds. The lowest BCUT2D eigenvalue weighted by Crippen LogP contribution is -2.51. The number of fused-ring (bicyclic) bond motifs is 1. The number of hydrogen-bond donors (Lipinski definition) is 6. The van der Waals surface area contributed by atoms with Gasteiger partial charge in [-0.15, -0.1) is 0 Å². The highest BCUT2D eigenvalue weighted by Gasteiger charge is 2.38. The molecule has 3 aromatic rings. The van der Waals surface area contributed by atoms with Gasteiger partial charge in [0.15, 0.2) is 0 Å². The maximum absolute atomic E-state index is 13.6. The van der Waals surface area contributed by atoms with Gasteiger partial charge in [-0.05, 0) is 54.4 Å². The Balaban J connectivity index is 1.50. The fourth-order valence-corrected chi connectivity index (χ4v) is 4.94. The lowest BCUT2D eigenvalue weighted by Gasteiger charge is -2.27. The molecule has 1 heterocycles.